The van der Waals surface area contributed by atoms with Crippen LogP contribution in [0.5, 0.6) is 0 Å². The van der Waals surface area contributed by atoms with Crippen LogP contribution in [0, 0.1) is 0 Å². The van der Waals surface area contributed by atoms with Crippen molar-refractivity contribution in [1.82, 2.24) is 30.6 Å². The first kappa shape index (κ1) is 19.2. The van der Waals surface area contributed by atoms with E-state index in [1.54, 1.807) is 16.8 Å². The van der Waals surface area contributed by atoms with Gasteiger partial charge in [0.2, 0.25) is 5.89 Å². The van der Waals surface area contributed by atoms with Crippen LogP contribution in [0.4, 0.5) is 9.59 Å². The summed E-state index contributed by atoms with van der Waals surface area (Å²) < 4.78 is 5.48. The van der Waals surface area contributed by atoms with Gasteiger partial charge in [0.05, 0.1) is 5.92 Å². The van der Waals surface area contributed by atoms with Gasteiger partial charge in [-0.3, -0.25) is 0 Å². The van der Waals surface area contributed by atoms with E-state index in [0.29, 0.717) is 37.9 Å². The number of nitrogens with zero attached hydrogens (tertiary/aromatic N) is 4. The van der Waals surface area contributed by atoms with E-state index < -0.39 is 0 Å². The second kappa shape index (κ2) is 8.50. The molecule has 4 amide bonds. The molecule has 0 saturated carbocycles. The van der Waals surface area contributed by atoms with E-state index in [0.717, 1.165) is 19.3 Å². The number of amides is 4. The minimum Gasteiger partial charge on any atom is -0.341 e. The van der Waals surface area contributed by atoms with Crippen LogP contribution in [0.2, 0.25) is 0 Å². The highest BCUT2D eigenvalue weighted by Crippen LogP contribution is 2.32. The van der Waals surface area contributed by atoms with Gasteiger partial charge in [0.25, 0.3) is 0 Å². The molecule has 4 rings (SSSR count). The van der Waals surface area contributed by atoms with Crippen molar-refractivity contribution < 1.29 is 14.1 Å². The van der Waals surface area contributed by atoms with Crippen LogP contribution in [-0.4, -0.2) is 65.2 Å². The normalized spacial score (nSPS) is 19.1. The third kappa shape index (κ3) is 4.18. The quantitative estimate of drug-likeness (QED) is 0.801. The molecule has 2 N–H and O–H groups in total. The Hall–Kier alpha value is -3.10. The fraction of sp³-hybridized carbons (Fsp3) is 0.500. The Labute approximate surface area is 169 Å². The zero-order chi connectivity index (χ0) is 20.2. The number of carbonyl (C=O) groups is 2. The lowest BCUT2D eigenvalue weighted by atomic mass is 10.0. The lowest BCUT2D eigenvalue weighted by molar-refractivity contribution is 0.149. The Kier molecular flexibility index (Phi) is 5.64. The van der Waals surface area contributed by atoms with Gasteiger partial charge in [0.15, 0.2) is 5.82 Å². The van der Waals surface area contributed by atoms with Crippen molar-refractivity contribution >= 4 is 12.1 Å². The average molecular weight is 398 g/mol. The summed E-state index contributed by atoms with van der Waals surface area (Å²) in [6.45, 7) is 2.41. The number of rotatable bonds is 5. The minimum absolute atomic E-state index is 0.0827. The van der Waals surface area contributed by atoms with Crippen molar-refractivity contribution in [3.05, 3.63) is 47.6 Å². The van der Waals surface area contributed by atoms with Crippen LogP contribution in [0.3, 0.4) is 0 Å². The van der Waals surface area contributed by atoms with Crippen molar-refractivity contribution in [2.75, 3.05) is 33.2 Å². The molecule has 9 nitrogen and oxygen atoms in total. The van der Waals surface area contributed by atoms with Crippen LogP contribution in [0.25, 0.3) is 0 Å². The molecule has 1 unspecified atom stereocenters. The average Bonchev–Trinajstić information content (AvgIpc) is 3.37. The Morgan fingerprint density at radius 2 is 2.00 bits per heavy atom. The molecule has 1 atom stereocenters. The summed E-state index contributed by atoms with van der Waals surface area (Å²) in [5.41, 5.74) is 1.19. The lowest BCUT2D eigenvalue weighted by Crippen LogP contribution is -2.52. The number of benzene rings is 1. The standard InChI is InChI=1S/C20H26N6O3/c1-21-19(27)25-12-15(13-25)17-23-18(29-24-17)16-8-5-11-26(16)20(28)22-10-9-14-6-3-2-4-7-14/h2-4,6-7,15-16H,5,8-13H2,1H3,(H,21,27)(H,22,28). The Morgan fingerprint density at radius 1 is 1.21 bits per heavy atom. The third-order valence-corrected chi connectivity index (χ3v) is 5.54. The van der Waals surface area contributed by atoms with Crippen molar-refractivity contribution in [2.24, 2.45) is 0 Å². The highest BCUT2D eigenvalue weighted by molar-refractivity contribution is 5.75. The molecule has 0 aliphatic carbocycles. The topological polar surface area (TPSA) is 104 Å². The molecule has 2 aliphatic heterocycles. The monoisotopic (exact) mass is 398 g/mol. The van der Waals surface area contributed by atoms with E-state index in [-0.39, 0.29) is 24.0 Å². The number of carbonyl (C=O) groups excluding carboxylic acids is 2. The maximum Gasteiger partial charge on any atom is 0.318 e. The second-order valence-corrected chi connectivity index (χ2v) is 7.47. The van der Waals surface area contributed by atoms with Crippen molar-refractivity contribution in [2.45, 2.75) is 31.2 Å². The molecule has 1 aromatic heterocycles. The first-order valence-electron chi connectivity index (χ1n) is 10.0. The lowest BCUT2D eigenvalue weighted by Gasteiger charge is -2.36. The molecule has 3 heterocycles. The van der Waals surface area contributed by atoms with E-state index in [2.05, 4.69) is 32.9 Å². The summed E-state index contributed by atoms with van der Waals surface area (Å²) in [7, 11) is 1.61. The molecule has 0 bridgehead atoms. The van der Waals surface area contributed by atoms with Crippen LogP contribution in [0.1, 0.15) is 42.1 Å². The maximum atomic E-state index is 12.7. The summed E-state index contributed by atoms with van der Waals surface area (Å²) in [5, 5.41) is 9.70. The van der Waals surface area contributed by atoms with Gasteiger partial charge >= 0.3 is 12.1 Å². The first-order valence-corrected chi connectivity index (χ1v) is 10.0. The molecule has 2 fully saturated rings. The predicted molar refractivity (Wildman–Crippen MR) is 105 cm³/mol. The highest BCUT2D eigenvalue weighted by atomic mass is 16.5. The van der Waals surface area contributed by atoms with Gasteiger partial charge < -0.3 is 25.0 Å². The van der Waals surface area contributed by atoms with Gasteiger partial charge in [-0.25, -0.2) is 9.59 Å². The number of urea groups is 2. The summed E-state index contributed by atoms with van der Waals surface area (Å²) in [6, 6.07) is 9.69. The van der Waals surface area contributed by atoms with Crippen molar-refractivity contribution in [3.63, 3.8) is 0 Å². The number of hydrogen-bond acceptors (Lipinski definition) is 5. The SMILES string of the molecule is CNC(=O)N1CC(c2noc(C3CCCN3C(=O)NCCc3ccccc3)n2)C1. The molecule has 1 aromatic carbocycles. The highest BCUT2D eigenvalue weighted by Gasteiger charge is 2.38. The van der Waals surface area contributed by atoms with Crippen molar-refractivity contribution in [1.29, 1.82) is 0 Å². The fourth-order valence-electron chi connectivity index (χ4n) is 3.84. The molecule has 154 valence electrons. The van der Waals surface area contributed by atoms with E-state index in [9.17, 15) is 9.59 Å². The molecule has 2 aromatic rings. The molecule has 0 spiro atoms. The van der Waals surface area contributed by atoms with Crippen molar-refractivity contribution in [3.8, 4) is 0 Å². The van der Waals surface area contributed by atoms with Gasteiger partial charge in [-0.1, -0.05) is 35.5 Å². The zero-order valence-corrected chi connectivity index (χ0v) is 16.5. The Morgan fingerprint density at radius 3 is 2.76 bits per heavy atom. The summed E-state index contributed by atoms with van der Waals surface area (Å²) in [6.07, 6.45) is 2.50. The first-order chi connectivity index (χ1) is 14.2. The molecular weight excluding hydrogens is 372 g/mol. The molecule has 2 aliphatic rings. The number of nitrogens with one attached hydrogen (secondary N) is 2. The van der Waals surface area contributed by atoms with E-state index in [4.69, 9.17) is 4.52 Å². The third-order valence-electron chi connectivity index (χ3n) is 5.54. The minimum atomic E-state index is -0.192. The van der Waals surface area contributed by atoms with Crippen LogP contribution >= 0.6 is 0 Å². The molecule has 29 heavy (non-hydrogen) atoms. The Balaban J connectivity index is 1.31. The van der Waals surface area contributed by atoms with Gasteiger partial charge in [0.1, 0.15) is 6.04 Å². The smallest absolute Gasteiger partial charge is 0.318 e. The maximum absolute atomic E-state index is 12.7. The molecule has 9 heteroatoms. The predicted octanol–water partition coefficient (Wildman–Crippen LogP) is 1.90. The summed E-state index contributed by atoms with van der Waals surface area (Å²) >= 11 is 0. The van der Waals surface area contributed by atoms with Gasteiger partial charge in [-0.15, -0.1) is 0 Å². The number of aromatic nitrogens is 2. The van der Waals surface area contributed by atoms with Crippen LogP contribution in [-0.2, 0) is 6.42 Å². The van der Waals surface area contributed by atoms with Gasteiger partial charge in [-0.05, 0) is 24.8 Å². The van der Waals surface area contributed by atoms with Gasteiger partial charge in [0, 0.05) is 33.2 Å². The fourth-order valence-corrected chi connectivity index (χ4v) is 3.84. The molecule has 0 radical (unpaired) electrons. The van der Waals surface area contributed by atoms with E-state index >= 15 is 0 Å². The summed E-state index contributed by atoms with van der Waals surface area (Å²) in [5.74, 6) is 1.17. The molecular formula is C20H26N6O3. The number of likely N-dealkylation sites (tertiary alicyclic amines) is 2. The van der Waals surface area contributed by atoms with E-state index in [1.807, 2.05) is 18.2 Å². The Bertz CT molecular complexity index is 849. The number of hydrogen-bond donors (Lipinski definition) is 2. The largest absolute Gasteiger partial charge is 0.341 e. The van der Waals surface area contributed by atoms with Crippen LogP contribution in [0.15, 0.2) is 34.9 Å². The van der Waals surface area contributed by atoms with Crippen LogP contribution < -0.4 is 10.6 Å². The summed E-state index contributed by atoms with van der Waals surface area (Å²) in [4.78, 5) is 32.2. The van der Waals surface area contributed by atoms with E-state index in [1.165, 1.54) is 5.56 Å². The second-order valence-electron chi connectivity index (χ2n) is 7.47. The van der Waals surface area contributed by atoms with Gasteiger partial charge in [-0.2, -0.15) is 4.98 Å². The molecule has 2 saturated heterocycles. The zero-order valence-electron chi connectivity index (χ0n) is 16.5.